The van der Waals surface area contributed by atoms with Crippen LogP contribution in [-0.2, 0) is 9.84 Å². The molecule has 2 heterocycles. The van der Waals surface area contributed by atoms with E-state index in [9.17, 15) is 8.42 Å². The third kappa shape index (κ3) is 1.91. The Morgan fingerprint density at radius 1 is 1.39 bits per heavy atom. The van der Waals surface area contributed by atoms with Crippen molar-refractivity contribution in [2.45, 2.75) is 17.9 Å². The maximum absolute atomic E-state index is 12.0. The van der Waals surface area contributed by atoms with E-state index in [-0.39, 0.29) is 11.8 Å². The molecule has 1 atom stereocenters. The molecule has 0 spiro atoms. The normalized spacial score (nSPS) is 20.6. The Bertz CT molecular complexity index is 692. The highest BCUT2D eigenvalue weighted by molar-refractivity contribution is 7.91. The van der Waals surface area contributed by atoms with Crippen LogP contribution in [0.15, 0.2) is 35.4 Å². The number of hydrogen-bond acceptors (Lipinski definition) is 5. The van der Waals surface area contributed by atoms with Gasteiger partial charge < -0.3 is 5.32 Å². The largest absolute Gasteiger partial charge is 0.354 e. The van der Waals surface area contributed by atoms with Crippen LogP contribution in [-0.4, -0.2) is 19.2 Å². The molecule has 1 aliphatic rings. The van der Waals surface area contributed by atoms with Crippen molar-refractivity contribution >= 4 is 26.3 Å². The Morgan fingerprint density at radius 2 is 2.17 bits per heavy atom. The molecule has 2 aromatic rings. The Balaban J connectivity index is 1.97. The first-order valence-corrected chi connectivity index (χ1v) is 8.04. The number of hydrogen-bond donors (Lipinski definition) is 1. The Hall–Kier alpha value is -1.40. The van der Waals surface area contributed by atoms with E-state index in [2.05, 4.69) is 10.3 Å². The first-order chi connectivity index (χ1) is 8.56. The zero-order chi connectivity index (χ0) is 12.8. The van der Waals surface area contributed by atoms with Crippen LogP contribution in [0, 0.1) is 6.92 Å². The average Bonchev–Trinajstić information content (AvgIpc) is 2.83. The molecule has 1 N–H and O–H groups in total. The summed E-state index contributed by atoms with van der Waals surface area (Å²) in [5, 5.41) is 3.97. The van der Waals surface area contributed by atoms with Gasteiger partial charge in [-0.05, 0) is 18.6 Å². The highest BCUT2D eigenvalue weighted by Crippen LogP contribution is 2.35. The number of fused-ring (bicyclic) bond motifs is 1. The topological polar surface area (TPSA) is 59.1 Å². The molecular formula is C12H12N2O2S2. The molecule has 0 aliphatic carbocycles. The summed E-state index contributed by atoms with van der Waals surface area (Å²) >= 11 is 1.53. The monoisotopic (exact) mass is 280 g/mol. The van der Waals surface area contributed by atoms with E-state index in [0.29, 0.717) is 4.90 Å². The number of nitrogens with one attached hydrogen (secondary N) is 1. The third-order valence-electron chi connectivity index (χ3n) is 2.93. The summed E-state index contributed by atoms with van der Waals surface area (Å²) < 4.78 is 24.0. The molecule has 94 valence electrons. The minimum atomic E-state index is -3.15. The molecule has 0 fully saturated rings. The summed E-state index contributed by atoms with van der Waals surface area (Å²) in [6, 6.07) is 6.95. The quantitative estimate of drug-likeness (QED) is 0.917. The molecule has 1 unspecified atom stereocenters. The van der Waals surface area contributed by atoms with Crippen LogP contribution in [0.1, 0.15) is 16.5 Å². The Morgan fingerprint density at radius 3 is 2.89 bits per heavy atom. The van der Waals surface area contributed by atoms with Gasteiger partial charge in [-0.3, -0.25) is 0 Å². The first kappa shape index (κ1) is 11.7. The van der Waals surface area contributed by atoms with Gasteiger partial charge in [-0.25, -0.2) is 13.4 Å². The lowest BCUT2D eigenvalue weighted by Crippen LogP contribution is -2.12. The smallest absolute Gasteiger partial charge is 0.183 e. The minimum absolute atomic E-state index is 0.102. The SMILES string of the molecule is Cc1cnc(NC2CS(=O)(=O)c3ccccc32)s1. The van der Waals surface area contributed by atoms with Gasteiger partial charge in [0.05, 0.1) is 16.7 Å². The lowest BCUT2D eigenvalue weighted by Gasteiger charge is -2.10. The van der Waals surface area contributed by atoms with Gasteiger partial charge in [0, 0.05) is 11.1 Å². The fraction of sp³-hybridized carbons (Fsp3) is 0.250. The van der Waals surface area contributed by atoms with Crippen molar-refractivity contribution in [3.05, 3.63) is 40.9 Å². The van der Waals surface area contributed by atoms with Crippen molar-refractivity contribution < 1.29 is 8.42 Å². The van der Waals surface area contributed by atoms with E-state index in [1.807, 2.05) is 19.1 Å². The number of nitrogens with zero attached hydrogens (tertiary/aromatic N) is 1. The van der Waals surface area contributed by atoms with Crippen LogP contribution in [0.4, 0.5) is 5.13 Å². The first-order valence-electron chi connectivity index (χ1n) is 5.57. The van der Waals surface area contributed by atoms with Crippen molar-refractivity contribution in [3.8, 4) is 0 Å². The van der Waals surface area contributed by atoms with Gasteiger partial charge in [0.1, 0.15) is 0 Å². The number of aryl methyl sites for hydroxylation is 1. The lowest BCUT2D eigenvalue weighted by atomic mass is 10.1. The standard InChI is InChI=1S/C12H12N2O2S2/c1-8-6-13-12(17-8)14-10-7-18(15,16)11-5-3-2-4-9(10)11/h2-6,10H,7H2,1H3,(H,13,14). The second kappa shape index (κ2) is 4.07. The van der Waals surface area contributed by atoms with Crippen molar-refractivity contribution in [3.63, 3.8) is 0 Å². The highest BCUT2D eigenvalue weighted by atomic mass is 32.2. The second-order valence-electron chi connectivity index (χ2n) is 4.29. The molecule has 0 saturated carbocycles. The number of thiazole rings is 1. The molecule has 3 rings (SSSR count). The molecule has 1 aromatic carbocycles. The van der Waals surface area contributed by atoms with Gasteiger partial charge in [0.15, 0.2) is 15.0 Å². The van der Waals surface area contributed by atoms with Gasteiger partial charge in [0.2, 0.25) is 0 Å². The molecule has 0 amide bonds. The summed E-state index contributed by atoms with van der Waals surface area (Å²) in [6.07, 6.45) is 1.78. The van der Waals surface area contributed by atoms with E-state index in [1.54, 1.807) is 18.3 Å². The summed E-state index contributed by atoms with van der Waals surface area (Å²) in [5.41, 5.74) is 0.838. The maximum Gasteiger partial charge on any atom is 0.183 e. The number of sulfone groups is 1. The minimum Gasteiger partial charge on any atom is -0.354 e. The molecule has 1 aliphatic heterocycles. The van der Waals surface area contributed by atoms with E-state index in [1.165, 1.54) is 11.3 Å². The van der Waals surface area contributed by atoms with Crippen LogP contribution < -0.4 is 5.32 Å². The van der Waals surface area contributed by atoms with Crippen molar-refractivity contribution in [2.24, 2.45) is 0 Å². The summed E-state index contributed by atoms with van der Waals surface area (Å²) in [5.74, 6) is 0.102. The molecule has 4 nitrogen and oxygen atoms in total. The van der Waals surface area contributed by atoms with E-state index >= 15 is 0 Å². The van der Waals surface area contributed by atoms with Gasteiger partial charge in [-0.1, -0.05) is 18.2 Å². The van der Waals surface area contributed by atoms with E-state index < -0.39 is 9.84 Å². The van der Waals surface area contributed by atoms with Crippen LogP contribution >= 0.6 is 11.3 Å². The van der Waals surface area contributed by atoms with Crippen LogP contribution in [0.2, 0.25) is 0 Å². The molecule has 0 bridgehead atoms. The van der Waals surface area contributed by atoms with Gasteiger partial charge >= 0.3 is 0 Å². The van der Waals surface area contributed by atoms with E-state index in [0.717, 1.165) is 15.6 Å². The third-order valence-corrected chi connectivity index (χ3v) is 5.59. The summed E-state index contributed by atoms with van der Waals surface area (Å²) in [6.45, 7) is 1.97. The number of rotatable bonds is 2. The number of benzene rings is 1. The molecule has 0 radical (unpaired) electrons. The number of aromatic nitrogens is 1. The van der Waals surface area contributed by atoms with Crippen LogP contribution in [0.5, 0.6) is 0 Å². The fourth-order valence-corrected chi connectivity index (χ4v) is 4.59. The van der Waals surface area contributed by atoms with E-state index in [4.69, 9.17) is 0 Å². The van der Waals surface area contributed by atoms with Crippen LogP contribution in [0.3, 0.4) is 0 Å². The summed E-state index contributed by atoms with van der Waals surface area (Å²) in [4.78, 5) is 5.76. The predicted molar refractivity (Wildman–Crippen MR) is 71.7 cm³/mol. The Kier molecular flexibility index (Phi) is 2.64. The second-order valence-corrected chi connectivity index (χ2v) is 7.53. The van der Waals surface area contributed by atoms with Crippen LogP contribution in [0.25, 0.3) is 0 Å². The highest BCUT2D eigenvalue weighted by Gasteiger charge is 2.34. The summed E-state index contributed by atoms with van der Waals surface area (Å²) in [7, 11) is -3.15. The average molecular weight is 280 g/mol. The molecule has 1 aromatic heterocycles. The maximum atomic E-state index is 12.0. The fourth-order valence-electron chi connectivity index (χ4n) is 2.14. The zero-order valence-electron chi connectivity index (χ0n) is 9.75. The number of anilines is 1. The Labute approximate surface area is 110 Å². The van der Waals surface area contributed by atoms with Crippen molar-refractivity contribution in [1.29, 1.82) is 0 Å². The molecule has 18 heavy (non-hydrogen) atoms. The lowest BCUT2D eigenvalue weighted by molar-refractivity contribution is 0.598. The molecule has 0 saturated heterocycles. The molecule has 6 heteroatoms. The van der Waals surface area contributed by atoms with Crippen molar-refractivity contribution in [2.75, 3.05) is 11.1 Å². The molecular weight excluding hydrogens is 268 g/mol. The van der Waals surface area contributed by atoms with Gasteiger partial charge in [-0.2, -0.15) is 0 Å². The van der Waals surface area contributed by atoms with Gasteiger partial charge in [-0.15, -0.1) is 11.3 Å². The van der Waals surface area contributed by atoms with Gasteiger partial charge in [0.25, 0.3) is 0 Å². The predicted octanol–water partition coefficient (Wildman–Crippen LogP) is 2.39. The van der Waals surface area contributed by atoms with Crippen molar-refractivity contribution in [1.82, 2.24) is 4.98 Å². The zero-order valence-corrected chi connectivity index (χ0v) is 11.4.